The maximum Gasteiger partial charge on any atom is 0.308 e. The normalized spacial score (nSPS) is 28.7. The lowest BCUT2D eigenvalue weighted by Gasteiger charge is -2.36. The van der Waals surface area contributed by atoms with Crippen molar-refractivity contribution in [2.24, 2.45) is 5.92 Å². The average Bonchev–Trinajstić information content (AvgIpc) is 3.39. The van der Waals surface area contributed by atoms with Gasteiger partial charge in [0.05, 0.1) is 26.2 Å². The van der Waals surface area contributed by atoms with E-state index in [1.165, 1.54) is 7.11 Å². The molecule has 4 atom stereocenters. The minimum absolute atomic E-state index is 0.000778. The van der Waals surface area contributed by atoms with Crippen LogP contribution in [-0.2, 0) is 19.1 Å². The largest absolute Gasteiger partial charge is 0.487 e. The zero-order chi connectivity index (χ0) is 19.0. The standard InChI is InChI=1S/C20H25NO6/c1-25-19(24)9-13-8-15-14-7-12(21-18(23)6-11-2-3-11)4-5-16(14)27-20(15)17(10-22)26-13/h4-5,7,11,13,15,17,20,22H,2-3,6,8-10H2,1H3,(H,21,23)/t13-,15-,17+,20+/m0/s1. The Morgan fingerprint density at radius 2 is 2.11 bits per heavy atom. The molecule has 0 unspecified atom stereocenters. The highest BCUT2D eigenvalue weighted by atomic mass is 16.6. The van der Waals surface area contributed by atoms with Crippen LogP contribution in [0.2, 0.25) is 0 Å². The number of benzene rings is 1. The molecule has 2 N–H and O–H groups in total. The van der Waals surface area contributed by atoms with Crippen molar-refractivity contribution in [1.82, 2.24) is 0 Å². The molecular weight excluding hydrogens is 350 g/mol. The van der Waals surface area contributed by atoms with Gasteiger partial charge in [-0.3, -0.25) is 9.59 Å². The number of carbonyl (C=O) groups excluding carboxylic acids is 2. The van der Waals surface area contributed by atoms with E-state index in [1.54, 1.807) is 0 Å². The van der Waals surface area contributed by atoms with E-state index in [0.29, 0.717) is 18.8 Å². The zero-order valence-electron chi connectivity index (χ0n) is 15.3. The van der Waals surface area contributed by atoms with E-state index in [9.17, 15) is 14.7 Å². The smallest absolute Gasteiger partial charge is 0.308 e. The number of aliphatic hydroxyl groups excluding tert-OH is 1. The third-order valence-corrected chi connectivity index (χ3v) is 5.58. The Kier molecular flexibility index (Phi) is 5.06. The highest BCUT2D eigenvalue weighted by molar-refractivity contribution is 5.91. The van der Waals surface area contributed by atoms with Crippen molar-refractivity contribution in [3.63, 3.8) is 0 Å². The summed E-state index contributed by atoms with van der Waals surface area (Å²) in [6.45, 7) is -0.183. The van der Waals surface area contributed by atoms with Gasteiger partial charge in [0.25, 0.3) is 0 Å². The number of ether oxygens (including phenoxy) is 3. The Bertz CT molecular complexity index is 731. The van der Waals surface area contributed by atoms with Crippen LogP contribution in [0.1, 0.15) is 43.6 Å². The Morgan fingerprint density at radius 3 is 2.81 bits per heavy atom. The van der Waals surface area contributed by atoms with Crippen molar-refractivity contribution in [1.29, 1.82) is 0 Å². The van der Waals surface area contributed by atoms with Crippen LogP contribution >= 0.6 is 0 Å². The van der Waals surface area contributed by atoms with Gasteiger partial charge in [-0.15, -0.1) is 0 Å². The van der Waals surface area contributed by atoms with E-state index >= 15 is 0 Å². The van der Waals surface area contributed by atoms with E-state index in [2.05, 4.69) is 5.32 Å². The van der Waals surface area contributed by atoms with E-state index < -0.39 is 6.10 Å². The zero-order valence-corrected chi connectivity index (χ0v) is 15.3. The molecule has 0 bridgehead atoms. The lowest BCUT2D eigenvalue weighted by atomic mass is 9.84. The highest BCUT2D eigenvalue weighted by Crippen LogP contribution is 2.47. The lowest BCUT2D eigenvalue weighted by Crippen LogP contribution is -2.46. The minimum Gasteiger partial charge on any atom is -0.487 e. The van der Waals surface area contributed by atoms with Crippen LogP contribution < -0.4 is 10.1 Å². The van der Waals surface area contributed by atoms with Crippen LogP contribution in [0.15, 0.2) is 18.2 Å². The van der Waals surface area contributed by atoms with Crippen molar-refractivity contribution in [3.05, 3.63) is 23.8 Å². The van der Waals surface area contributed by atoms with Crippen LogP contribution in [-0.4, -0.2) is 49.0 Å². The van der Waals surface area contributed by atoms with Crippen molar-refractivity contribution >= 4 is 17.6 Å². The van der Waals surface area contributed by atoms with Gasteiger partial charge in [-0.2, -0.15) is 0 Å². The number of hydrogen-bond donors (Lipinski definition) is 2. The molecule has 7 heteroatoms. The first-order chi connectivity index (χ1) is 13.1. The molecule has 1 saturated carbocycles. The summed E-state index contributed by atoms with van der Waals surface area (Å²) in [4.78, 5) is 23.7. The fourth-order valence-electron chi connectivity index (χ4n) is 4.03. The van der Waals surface area contributed by atoms with Crippen molar-refractivity contribution in [3.8, 4) is 5.75 Å². The molecule has 0 radical (unpaired) electrons. The van der Waals surface area contributed by atoms with E-state index in [1.807, 2.05) is 18.2 Å². The van der Waals surface area contributed by atoms with Crippen molar-refractivity contribution in [2.45, 2.75) is 56.3 Å². The molecule has 3 aliphatic rings. The van der Waals surface area contributed by atoms with Gasteiger partial charge in [-0.1, -0.05) is 0 Å². The fourth-order valence-corrected chi connectivity index (χ4v) is 4.03. The SMILES string of the molecule is COC(=O)C[C@@H]1C[C@H]2c3cc(NC(=O)CC4CC4)ccc3O[C@H]2[C@@H](CO)O1. The fraction of sp³-hybridized carbons (Fsp3) is 0.600. The molecule has 1 aliphatic carbocycles. The van der Waals surface area contributed by atoms with Gasteiger partial charge in [0, 0.05) is 23.6 Å². The summed E-state index contributed by atoms with van der Waals surface area (Å²) in [5.74, 6) is 0.978. The average molecular weight is 375 g/mol. The number of rotatable bonds is 6. The van der Waals surface area contributed by atoms with Gasteiger partial charge >= 0.3 is 5.97 Å². The number of carbonyl (C=O) groups is 2. The monoisotopic (exact) mass is 375 g/mol. The second kappa shape index (κ2) is 7.48. The minimum atomic E-state index is -0.501. The summed E-state index contributed by atoms with van der Waals surface area (Å²) >= 11 is 0. The van der Waals surface area contributed by atoms with Gasteiger partial charge in [-0.05, 0) is 43.4 Å². The molecular formula is C20H25NO6. The first-order valence-corrected chi connectivity index (χ1v) is 9.51. The predicted molar refractivity (Wildman–Crippen MR) is 96.6 cm³/mol. The van der Waals surface area contributed by atoms with Gasteiger partial charge in [0.15, 0.2) is 0 Å². The first kappa shape index (κ1) is 18.3. The third-order valence-electron chi connectivity index (χ3n) is 5.58. The Labute approximate surface area is 158 Å². The van der Waals surface area contributed by atoms with E-state index in [4.69, 9.17) is 14.2 Å². The number of methoxy groups -OCH3 is 1. The third kappa shape index (κ3) is 3.94. The number of fused-ring (bicyclic) bond motifs is 3. The van der Waals surface area contributed by atoms with Crippen LogP contribution in [0.4, 0.5) is 5.69 Å². The van der Waals surface area contributed by atoms with Crippen molar-refractivity contribution in [2.75, 3.05) is 19.0 Å². The van der Waals surface area contributed by atoms with Gasteiger partial charge < -0.3 is 24.6 Å². The number of hydrogen-bond acceptors (Lipinski definition) is 6. The second-order valence-corrected chi connectivity index (χ2v) is 7.63. The summed E-state index contributed by atoms with van der Waals surface area (Å²) in [5, 5.41) is 12.7. The van der Waals surface area contributed by atoms with Gasteiger partial charge in [-0.25, -0.2) is 0 Å². The van der Waals surface area contributed by atoms with Crippen molar-refractivity contribution < 1.29 is 28.9 Å². The Morgan fingerprint density at radius 1 is 1.30 bits per heavy atom. The summed E-state index contributed by atoms with van der Waals surface area (Å²) in [7, 11) is 1.35. The van der Waals surface area contributed by atoms with E-state index in [0.717, 1.165) is 29.8 Å². The Balaban J connectivity index is 1.50. The molecule has 2 aliphatic heterocycles. The highest BCUT2D eigenvalue weighted by Gasteiger charge is 2.46. The summed E-state index contributed by atoms with van der Waals surface area (Å²) in [6, 6.07) is 5.63. The van der Waals surface area contributed by atoms with Crippen LogP contribution in [0, 0.1) is 5.92 Å². The maximum absolute atomic E-state index is 12.1. The Hall–Kier alpha value is -2.12. The maximum atomic E-state index is 12.1. The molecule has 1 aromatic rings. The lowest BCUT2D eigenvalue weighted by molar-refractivity contribution is -0.156. The second-order valence-electron chi connectivity index (χ2n) is 7.63. The van der Waals surface area contributed by atoms with Crippen LogP contribution in [0.5, 0.6) is 5.75 Å². The summed E-state index contributed by atoms with van der Waals surface area (Å²) in [5.41, 5.74) is 1.74. The van der Waals surface area contributed by atoms with Crippen LogP contribution in [0.25, 0.3) is 0 Å². The number of esters is 1. The molecule has 146 valence electrons. The quantitative estimate of drug-likeness (QED) is 0.739. The predicted octanol–water partition coefficient (Wildman–Crippen LogP) is 1.98. The van der Waals surface area contributed by atoms with Crippen LogP contribution in [0.3, 0.4) is 0 Å². The topological polar surface area (TPSA) is 94.1 Å². The first-order valence-electron chi connectivity index (χ1n) is 9.51. The van der Waals surface area contributed by atoms with Gasteiger partial charge in [0.2, 0.25) is 5.91 Å². The molecule has 1 amide bonds. The molecule has 4 rings (SSSR count). The molecule has 27 heavy (non-hydrogen) atoms. The number of anilines is 1. The summed E-state index contributed by atoms with van der Waals surface area (Å²) in [6.07, 6.45) is 2.46. The number of aliphatic hydroxyl groups is 1. The molecule has 2 fully saturated rings. The van der Waals surface area contributed by atoms with E-state index in [-0.39, 0.29) is 43.0 Å². The molecule has 1 aromatic carbocycles. The molecule has 2 heterocycles. The number of amides is 1. The number of nitrogens with one attached hydrogen (secondary N) is 1. The molecule has 1 saturated heterocycles. The summed E-state index contributed by atoms with van der Waals surface area (Å²) < 4.78 is 16.6. The molecule has 7 nitrogen and oxygen atoms in total. The van der Waals surface area contributed by atoms with Gasteiger partial charge in [0.1, 0.15) is 18.0 Å². The molecule has 0 spiro atoms. The molecule has 0 aromatic heterocycles.